The van der Waals surface area contributed by atoms with E-state index in [2.05, 4.69) is 0 Å². The van der Waals surface area contributed by atoms with E-state index in [1.807, 2.05) is 29.2 Å². The molecular formula is C17H24N2O4S. The average Bonchev–Trinajstić information content (AvgIpc) is 2.87. The Kier molecular flexibility index (Phi) is 7.24. The molecule has 0 saturated carbocycles. The van der Waals surface area contributed by atoms with Crippen LogP contribution in [0.4, 0.5) is 4.79 Å². The van der Waals surface area contributed by atoms with E-state index in [0.29, 0.717) is 32.6 Å². The van der Waals surface area contributed by atoms with E-state index in [1.54, 1.807) is 23.8 Å². The van der Waals surface area contributed by atoms with Crippen molar-refractivity contribution < 1.29 is 19.1 Å². The Morgan fingerprint density at radius 2 is 1.71 bits per heavy atom. The lowest BCUT2D eigenvalue weighted by molar-refractivity contribution is -0.130. The maximum Gasteiger partial charge on any atom is 0.409 e. The Bertz CT molecular complexity index is 550. The summed E-state index contributed by atoms with van der Waals surface area (Å²) in [6.07, 6.45) is 0.959. The summed E-state index contributed by atoms with van der Waals surface area (Å²) in [5.74, 6) is 1.71. The van der Waals surface area contributed by atoms with E-state index < -0.39 is 0 Å². The Morgan fingerprint density at radius 1 is 1.04 bits per heavy atom. The molecule has 0 unspecified atom stereocenters. The van der Waals surface area contributed by atoms with E-state index >= 15 is 0 Å². The van der Waals surface area contributed by atoms with E-state index in [1.165, 1.54) is 7.11 Å². The van der Waals surface area contributed by atoms with Gasteiger partial charge in [0.2, 0.25) is 5.91 Å². The van der Waals surface area contributed by atoms with Crippen LogP contribution in [-0.2, 0) is 9.53 Å². The molecule has 6 nitrogen and oxygen atoms in total. The minimum atomic E-state index is -0.320. The zero-order valence-electron chi connectivity index (χ0n) is 14.2. The molecule has 1 fully saturated rings. The standard InChI is InChI=1S/C17H24N2O4S/c1-22-14-4-6-15(7-5-14)24-13-8-16(20)18-9-3-10-19(12-11-18)17(21)23-2/h4-7H,3,8-13H2,1-2H3. The van der Waals surface area contributed by atoms with Gasteiger partial charge < -0.3 is 19.3 Å². The van der Waals surface area contributed by atoms with Crippen LogP contribution >= 0.6 is 11.8 Å². The minimum absolute atomic E-state index is 0.141. The van der Waals surface area contributed by atoms with E-state index in [0.717, 1.165) is 22.8 Å². The Balaban J connectivity index is 1.74. The second-order valence-electron chi connectivity index (χ2n) is 5.47. The van der Waals surface area contributed by atoms with Gasteiger partial charge in [-0.25, -0.2) is 4.79 Å². The third-order valence-corrected chi connectivity index (χ3v) is 4.94. The third-order valence-electron chi connectivity index (χ3n) is 3.93. The van der Waals surface area contributed by atoms with Crippen LogP contribution in [0.3, 0.4) is 0 Å². The van der Waals surface area contributed by atoms with Gasteiger partial charge in [0.05, 0.1) is 14.2 Å². The largest absolute Gasteiger partial charge is 0.497 e. The summed E-state index contributed by atoms with van der Waals surface area (Å²) in [6.45, 7) is 2.43. The van der Waals surface area contributed by atoms with Crippen LogP contribution in [0, 0.1) is 0 Å². The highest BCUT2D eigenvalue weighted by molar-refractivity contribution is 7.99. The summed E-state index contributed by atoms with van der Waals surface area (Å²) in [5, 5.41) is 0. The molecule has 1 aliphatic rings. The predicted octanol–water partition coefficient (Wildman–Crippen LogP) is 2.48. The first kappa shape index (κ1) is 18.4. The van der Waals surface area contributed by atoms with Gasteiger partial charge in [-0.05, 0) is 30.7 Å². The summed E-state index contributed by atoms with van der Waals surface area (Å²) in [6, 6.07) is 7.82. The maximum atomic E-state index is 12.3. The van der Waals surface area contributed by atoms with Crippen LogP contribution in [0.25, 0.3) is 0 Å². The lowest BCUT2D eigenvalue weighted by Gasteiger charge is -2.21. The SMILES string of the molecule is COC(=O)N1CCCN(C(=O)CCSc2ccc(OC)cc2)CC1. The van der Waals surface area contributed by atoms with Crippen molar-refractivity contribution in [1.82, 2.24) is 9.80 Å². The molecular weight excluding hydrogens is 328 g/mol. The zero-order valence-corrected chi connectivity index (χ0v) is 15.0. The van der Waals surface area contributed by atoms with Gasteiger partial charge in [-0.2, -0.15) is 0 Å². The number of ether oxygens (including phenoxy) is 2. The number of carbonyl (C=O) groups excluding carboxylic acids is 2. The van der Waals surface area contributed by atoms with Crippen LogP contribution in [0.2, 0.25) is 0 Å². The second-order valence-corrected chi connectivity index (χ2v) is 6.63. The van der Waals surface area contributed by atoms with Gasteiger partial charge in [0.25, 0.3) is 0 Å². The molecule has 2 rings (SSSR count). The van der Waals surface area contributed by atoms with E-state index in [4.69, 9.17) is 9.47 Å². The number of methoxy groups -OCH3 is 2. The highest BCUT2D eigenvalue weighted by Crippen LogP contribution is 2.22. The molecule has 1 heterocycles. The van der Waals surface area contributed by atoms with Crippen molar-refractivity contribution in [2.45, 2.75) is 17.7 Å². The fourth-order valence-electron chi connectivity index (χ4n) is 2.56. The molecule has 0 N–H and O–H groups in total. The molecule has 0 spiro atoms. The number of thioether (sulfide) groups is 1. The van der Waals surface area contributed by atoms with E-state index in [-0.39, 0.29) is 12.0 Å². The number of nitrogens with zero attached hydrogens (tertiary/aromatic N) is 2. The van der Waals surface area contributed by atoms with Crippen LogP contribution in [0.15, 0.2) is 29.2 Å². The molecule has 0 aliphatic carbocycles. The molecule has 0 radical (unpaired) electrons. The lowest BCUT2D eigenvalue weighted by Crippen LogP contribution is -2.37. The number of rotatable bonds is 5. The molecule has 24 heavy (non-hydrogen) atoms. The van der Waals surface area contributed by atoms with Crippen molar-refractivity contribution in [3.63, 3.8) is 0 Å². The normalized spacial score (nSPS) is 14.9. The first-order valence-electron chi connectivity index (χ1n) is 8.01. The molecule has 1 saturated heterocycles. The maximum absolute atomic E-state index is 12.3. The topological polar surface area (TPSA) is 59.1 Å². The van der Waals surface area contributed by atoms with Crippen molar-refractivity contribution in [2.24, 2.45) is 0 Å². The molecule has 7 heteroatoms. The number of hydrogen-bond donors (Lipinski definition) is 0. The second kappa shape index (κ2) is 9.42. The minimum Gasteiger partial charge on any atom is -0.497 e. The number of hydrogen-bond acceptors (Lipinski definition) is 5. The van der Waals surface area contributed by atoms with Gasteiger partial charge in [0.1, 0.15) is 5.75 Å². The van der Waals surface area contributed by atoms with Gasteiger partial charge in [-0.15, -0.1) is 11.8 Å². The highest BCUT2D eigenvalue weighted by Gasteiger charge is 2.21. The van der Waals surface area contributed by atoms with Crippen LogP contribution < -0.4 is 4.74 Å². The Morgan fingerprint density at radius 3 is 2.38 bits per heavy atom. The summed E-state index contributed by atoms with van der Waals surface area (Å²) in [5.41, 5.74) is 0. The highest BCUT2D eigenvalue weighted by atomic mass is 32.2. The summed E-state index contributed by atoms with van der Waals surface area (Å²) in [7, 11) is 3.02. The monoisotopic (exact) mass is 352 g/mol. The summed E-state index contributed by atoms with van der Waals surface area (Å²) in [4.78, 5) is 28.5. The fraction of sp³-hybridized carbons (Fsp3) is 0.529. The van der Waals surface area contributed by atoms with Crippen molar-refractivity contribution in [1.29, 1.82) is 0 Å². The lowest BCUT2D eigenvalue weighted by atomic mass is 10.3. The predicted molar refractivity (Wildman–Crippen MR) is 93.5 cm³/mol. The molecule has 1 aromatic carbocycles. The van der Waals surface area contributed by atoms with Gasteiger partial charge in [0, 0.05) is 43.2 Å². The smallest absolute Gasteiger partial charge is 0.409 e. The molecule has 2 amide bonds. The van der Waals surface area contributed by atoms with Crippen molar-refractivity contribution in [2.75, 3.05) is 46.2 Å². The molecule has 132 valence electrons. The van der Waals surface area contributed by atoms with Gasteiger partial charge in [-0.3, -0.25) is 4.79 Å². The van der Waals surface area contributed by atoms with Crippen LogP contribution in [0.5, 0.6) is 5.75 Å². The first-order chi connectivity index (χ1) is 11.6. The quantitative estimate of drug-likeness (QED) is 0.762. The van der Waals surface area contributed by atoms with Gasteiger partial charge >= 0.3 is 6.09 Å². The fourth-order valence-corrected chi connectivity index (χ4v) is 3.41. The van der Waals surface area contributed by atoms with Crippen LogP contribution in [-0.4, -0.2) is 68.0 Å². The zero-order chi connectivity index (χ0) is 17.4. The molecule has 0 bridgehead atoms. The Hall–Kier alpha value is -1.89. The molecule has 1 aliphatic heterocycles. The van der Waals surface area contributed by atoms with Crippen molar-refractivity contribution in [3.8, 4) is 5.75 Å². The third kappa shape index (κ3) is 5.33. The van der Waals surface area contributed by atoms with E-state index in [9.17, 15) is 9.59 Å². The van der Waals surface area contributed by atoms with Crippen molar-refractivity contribution in [3.05, 3.63) is 24.3 Å². The molecule has 0 aromatic heterocycles. The average molecular weight is 352 g/mol. The first-order valence-corrected chi connectivity index (χ1v) is 9.00. The summed E-state index contributed by atoms with van der Waals surface area (Å²) >= 11 is 1.66. The summed E-state index contributed by atoms with van der Waals surface area (Å²) < 4.78 is 9.87. The van der Waals surface area contributed by atoms with Crippen LogP contribution in [0.1, 0.15) is 12.8 Å². The number of carbonyl (C=O) groups is 2. The molecule has 0 atom stereocenters. The Labute approximate surface area is 147 Å². The number of benzene rings is 1. The molecule has 1 aromatic rings. The van der Waals surface area contributed by atoms with Gasteiger partial charge in [-0.1, -0.05) is 0 Å². The van der Waals surface area contributed by atoms with Crippen molar-refractivity contribution >= 4 is 23.8 Å². The number of amides is 2. The van der Waals surface area contributed by atoms with Gasteiger partial charge in [0.15, 0.2) is 0 Å².